The molecule has 28 heavy (non-hydrogen) atoms. The number of esters is 1. The molecule has 0 spiro atoms. The predicted molar refractivity (Wildman–Crippen MR) is 107 cm³/mol. The number of aliphatic imine (C=N–C) groups is 1. The molecule has 0 bridgehead atoms. The average molecular weight is 390 g/mol. The minimum absolute atomic E-state index is 0.135. The number of hydrogen-bond acceptors (Lipinski definition) is 6. The Morgan fingerprint density at radius 1 is 1.04 bits per heavy atom. The fourth-order valence-corrected chi connectivity index (χ4v) is 3.28. The average Bonchev–Trinajstić information content (AvgIpc) is 3.35. The Bertz CT molecular complexity index is 1060. The SMILES string of the molecule is O=C1NC(=Nc2ccccc2)SC1=Cc1ccc(OC(=O)c2ccco2)cc1. The molecule has 6 nitrogen and oxygen atoms in total. The number of carbonyl (C=O) groups excluding carboxylic acids is 2. The molecule has 0 atom stereocenters. The van der Waals surface area contributed by atoms with E-state index in [1.54, 1.807) is 36.4 Å². The number of nitrogens with one attached hydrogen (secondary N) is 1. The van der Waals surface area contributed by atoms with Crippen LogP contribution in [0, 0.1) is 0 Å². The Labute approximate surface area is 164 Å². The van der Waals surface area contributed by atoms with Gasteiger partial charge in [-0.1, -0.05) is 30.3 Å². The summed E-state index contributed by atoms with van der Waals surface area (Å²) >= 11 is 1.27. The number of para-hydroxylation sites is 1. The van der Waals surface area contributed by atoms with Crippen LogP contribution in [0.15, 0.2) is 87.3 Å². The van der Waals surface area contributed by atoms with Gasteiger partial charge in [0, 0.05) is 0 Å². The lowest BCUT2D eigenvalue weighted by molar-refractivity contribution is -0.115. The van der Waals surface area contributed by atoms with Gasteiger partial charge in [-0.2, -0.15) is 0 Å². The van der Waals surface area contributed by atoms with Crippen molar-refractivity contribution < 1.29 is 18.7 Å². The Morgan fingerprint density at radius 3 is 2.54 bits per heavy atom. The predicted octanol–water partition coefficient (Wildman–Crippen LogP) is 4.39. The zero-order chi connectivity index (χ0) is 19.3. The summed E-state index contributed by atoms with van der Waals surface area (Å²) in [6.45, 7) is 0. The third kappa shape index (κ3) is 4.21. The molecule has 0 aliphatic carbocycles. The number of amidine groups is 1. The van der Waals surface area contributed by atoms with Gasteiger partial charge in [0.1, 0.15) is 5.75 Å². The zero-order valence-corrected chi connectivity index (χ0v) is 15.3. The van der Waals surface area contributed by atoms with Crippen LogP contribution in [-0.2, 0) is 4.79 Å². The van der Waals surface area contributed by atoms with Gasteiger partial charge >= 0.3 is 5.97 Å². The first-order valence-electron chi connectivity index (χ1n) is 8.38. The number of carbonyl (C=O) groups is 2. The van der Waals surface area contributed by atoms with Crippen molar-refractivity contribution in [2.24, 2.45) is 4.99 Å². The first-order valence-corrected chi connectivity index (χ1v) is 9.19. The third-order valence-electron chi connectivity index (χ3n) is 3.75. The summed E-state index contributed by atoms with van der Waals surface area (Å²) in [4.78, 5) is 29.0. The van der Waals surface area contributed by atoms with Crippen molar-refractivity contribution in [3.8, 4) is 5.75 Å². The smallest absolute Gasteiger partial charge is 0.379 e. The molecule has 2 heterocycles. The Balaban J connectivity index is 1.44. The lowest BCUT2D eigenvalue weighted by atomic mass is 10.2. The second kappa shape index (κ2) is 7.98. The van der Waals surface area contributed by atoms with E-state index in [0.717, 1.165) is 11.3 Å². The number of ether oxygens (including phenoxy) is 1. The summed E-state index contributed by atoms with van der Waals surface area (Å²) in [5.74, 6) is -0.245. The van der Waals surface area contributed by atoms with Crippen molar-refractivity contribution in [2.45, 2.75) is 0 Å². The number of nitrogens with zero attached hydrogens (tertiary/aromatic N) is 1. The summed E-state index contributed by atoms with van der Waals surface area (Å²) < 4.78 is 10.2. The molecule has 138 valence electrons. The fourth-order valence-electron chi connectivity index (χ4n) is 2.44. The molecule has 1 N–H and O–H groups in total. The van der Waals surface area contributed by atoms with E-state index in [1.807, 2.05) is 30.3 Å². The van der Waals surface area contributed by atoms with Crippen LogP contribution in [0.25, 0.3) is 6.08 Å². The summed E-state index contributed by atoms with van der Waals surface area (Å²) in [6, 6.07) is 19.4. The Kier molecular flexibility index (Phi) is 5.07. The first kappa shape index (κ1) is 17.8. The number of thioether (sulfide) groups is 1. The van der Waals surface area contributed by atoms with Crippen LogP contribution >= 0.6 is 11.8 Å². The van der Waals surface area contributed by atoms with Gasteiger partial charge in [0.25, 0.3) is 5.91 Å². The maximum Gasteiger partial charge on any atom is 0.379 e. The van der Waals surface area contributed by atoms with Crippen LogP contribution in [0.3, 0.4) is 0 Å². The van der Waals surface area contributed by atoms with E-state index in [4.69, 9.17) is 9.15 Å². The van der Waals surface area contributed by atoms with Crippen LogP contribution in [0.2, 0.25) is 0 Å². The highest BCUT2D eigenvalue weighted by Gasteiger charge is 2.23. The van der Waals surface area contributed by atoms with Crippen LogP contribution in [0.1, 0.15) is 16.1 Å². The Morgan fingerprint density at radius 2 is 1.82 bits per heavy atom. The van der Waals surface area contributed by atoms with Gasteiger partial charge in [-0.3, -0.25) is 4.79 Å². The van der Waals surface area contributed by atoms with Crippen molar-refractivity contribution in [1.29, 1.82) is 0 Å². The number of amides is 1. The maximum atomic E-state index is 12.2. The first-order chi connectivity index (χ1) is 13.7. The highest BCUT2D eigenvalue weighted by Crippen LogP contribution is 2.28. The lowest BCUT2D eigenvalue weighted by Gasteiger charge is -2.02. The van der Waals surface area contributed by atoms with E-state index >= 15 is 0 Å². The number of rotatable bonds is 4. The van der Waals surface area contributed by atoms with Gasteiger partial charge in [0.2, 0.25) is 5.76 Å². The molecule has 0 radical (unpaired) electrons. The number of hydrogen-bond donors (Lipinski definition) is 1. The quantitative estimate of drug-likeness (QED) is 0.406. The van der Waals surface area contributed by atoms with Crippen molar-refractivity contribution in [3.05, 3.63) is 89.2 Å². The third-order valence-corrected chi connectivity index (χ3v) is 4.66. The lowest BCUT2D eigenvalue weighted by Crippen LogP contribution is -2.19. The molecule has 1 aliphatic heterocycles. The minimum Gasteiger partial charge on any atom is -0.457 e. The van der Waals surface area contributed by atoms with Gasteiger partial charge < -0.3 is 14.5 Å². The largest absolute Gasteiger partial charge is 0.457 e. The second-order valence-corrected chi connectivity index (χ2v) is 6.78. The van der Waals surface area contributed by atoms with Crippen molar-refractivity contribution in [3.63, 3.8) is 0 Å². The molecule has 1 aromatic heterocycles. The topological polar surface area (TPSA) is 80.9 Å². The monoisotopic (exact) mass is 390 g/mol. The van der Waals surface area contributed by atoms with E-state index in [-0.39, 0.29) is 11.7 Å². The van der Waals surface area contributed by atoms with E-state index < -0.39 is 5.97 Å². The van der Waals surface area contributed by atoms with E-state index in [0.29, 0.717) is 15.8 Å². The molecule has 1 amide bonds. The van der Waals surface area contributed by atoms with Gasteiger partial charge in [-0.05, 0) is 59.8 Å². The fraction of sp³-hybridized carbons (Fsp3) is 0. The maximum absolute atomic E-state index is 12.2. The van der Waals surface area contributed by atoms with Gasteiger partial charge in [-0.25, -0.2) is 9.79 Å². The van der Waals surface area contributed by atoms with E-state index in [1.165, 1.54) is 24.1 Å². The van der Waals surface area contributed by atoms with Crippen molar-refractivity contribution in [2.75, 3.05) is 0 Å². The van der Waals surface area contributed by atoms with Gasteiger partial charge in [0.15, 0.2) is 5.17 Å². The molecular formula is C21H14N2O4S. The van der Waals surface area contributed by atoms with Crippen LogP contribution in [0.4, 0.5) is 5.69 Å². The highest BCUT2D eigenvalue weighted by molar-refractivity contribution is 8.18. The molecule has 0 saturated carbocycles. The molecule has 7 heteroatoms. The molecule has 1 saturated heterocycles. The minimum atomic E-state index is -0.566. The molecule has 3 aromatic rings. The molecule has 2 aromatic carbocycles. The second-order valence-electron chi connectivity index (χ2n) is 5.75. The molecule has 1 aliphatic rings. The standard InChI is InChI=1S/C21H14N2O4S/c24-19-18(28-21(23-19)22-15-5-2-1-3-6-15)13-14-8-10-16(11-9-14)27-20(25)17-7-4-12-26-17/h1-13H,(H,22,23,24). The van der Waals surface area contributed by atoms with E-state index in [2.05, 4.69) is 10.3 Å². The van der Waals surface area contributed by atoms with Gasteiger partial charge in [-0.15, -0.1) is 0 Å². The molecular weight excluding hydrogens is 376 g/mol. The molecule has 4 rings (SSSR count). The summed E-state index contributed by atoms with van der Waals surface area (Å²) in [5.41, 5.74) is 1.57. The molecule has 0 unspecified atom stereocenters. The normalized spacial score (nSPS) is 16.4. The van der Waals surface area contributed by atoms with Crippen molar-refractivity contribution >= 4 is 40.6 Å². The van der Waals surface area contributed by atoms with E-state index in [9.17, 15) is 9.59 Å². The van der Waals surface area contributed by atoms with Crippen LogP contribution in [-0.4, -0.2) is 17.0 Å². The number of benzene rings is 2. The molecule has 1 fully saturated rings. The summed E-state index contributed by atoms with van der Waals surface area (Å²) in [6.07, 6.45) is 3.16. The Hall–Kier alpha value is -3.58. The van der Waals surface area contributed by atoms with Gasteiger partial charge in [0.05, 0.1) is 16.9 Å². The summed E-state index contributed by atoms with van der Waals surface area (Å²) in [5, 5.41) is 3.29. The summed E-state index contributed by atoms with van der Waals surface area (Å²) in [7, 11) is 0. The highest BCUT2D eigenvalue weighted by atomic mass is 32.2. The van der Waals surface area contributed by atoms with Crippen molar-refractivity contribution in [1.82, 2.24) is 5.32 Å². The zero-order valence-electron chi connectivity index (χ0n) is 14.5. The van der Waals surface area contributed by atoms with Crippen LogP contribution < -0.4 is 10.1 Å². The van der Waals surface area contributed by atoms with Crippen LogP contribution in [0.5, 0.6) is 5.75 Å². The number of furan rings is 1.